The van der Waals surface area contributed by atoms with E-state index in [9.17, 15) is 18.3 Å². The minimum atomic E-state index is -3.77. The summed E-state index contributed by atoms with van der Waals surface area (Å²) < 4.78 is 34.8. The third kappa shape index (κ3) is 6.62. The molecular formula is C26H28N4O5S2. The van der Waals surface area contributed by atoms with Crippen LogP contribution in [0.3, 0.4) is 0 Å². The zero-order valence-electron chi connectivity index (χ0n) is 20.5. The smallest absolute Gasteiger partial charge is 0.331 e. The number of aromatic nitrogens is 3. The van der Waals surface area contributed by atoms with E-state index in [0.29, 0.717) is 5.69 Å². The highest BCUT2D eigenvalue weighted by atomic mass is 32.2. The number of phenols is 1. The Bertz CT molecular complexity index is 1440. The number of hydrogen-bond donors (Lipinski definition) is 2. The van der Waals surface area contributed by atoms with E-state index in [1.165, 1.54) is 47.0 Å². The lowest BCUT2D eigenvalue weighted by Gasteiger charge is -2.14. The third-order valence-corrected chi connectivity index (χ3v) is 8.81. The van der Waals surface area contributed by atoms with E-state index >= 15 is 0 Å². The fraction of sp³-hybridized carbons (Fsp3) is 0.269. The molecule has 2 heterocycles. The van der Waals surface area contributed by atoms with Gasteiger partial charge in [-0.15, -0.1) is 16.4 Å². The maximum absolute atomic E-state index is 12.9. The van der Waals surface area contributed by atoms with E-state index < -0.39 is 22.0 Å². The average Bonchev–Trinajstić information content (AvgIpc) is 3.58. The van der Waals surface area contributed by atoms with Gasteiger partial charge in [-0.2, -0.15) is 0 Å². The maximum Gasteiger partial charge on any atom is 0.331 e. The Morgan fingerprint density at radius 3 is 2.46 bits per heavy atom. The topological polar surface area (TPSA) is 123 Å². The van der Waals surface area contributed by atoms with Gasteiger partial charge in [-0.3, -0.25) is 0 Å². The molecule has 0 radical (unpaired) electrons. The van der Waals surface area contributed by atoms with E-state index in [4.69, 9.17) is 4.74 Å². The Kier molecular flexibility index (Phi) is 8.37. The van der Waals surface area contributed by atoms with Gasteiger partial charge in [-0.25, -0.2) is 22.6 Å². The van der Waals surface area contributed by atoms with Crippen molar-refractivity contribution >= 4 is 27.3 Å². The van der Waals surface area contributed by atoms with Crippen molar-refractivity contribution < 1.29 is 23.1 Å². The summed E-state index contributed by atoms with van der Waals surface area (Å²) in [6.07, 6.45) is 3.86. The van der Waals surface area contributed by atoms with E-state index in [2.05, 4.69) is 34.1 Å². The van der Waals surface area contributed by atoms with Crippen molar-refractivity contribution in [1.82, 2.24) is 19.7 Å². The largest absolute Gasteiger partial charge is 0.508 e. The van der Waals surface area contributed by atoms with Gasteiger partial charge in [-0.05, 0) is 47.4 Å². The molecule has 2 aromatic heterocycles. The number of sulfonamides is 1. The molecule has 0 aliphatic carbocycles. The lowest BCUT2D eigenvalue weighted by molar-refractivity contribution is -0.144. The van der Waals surface area contributed by atoms with Crippen LogP contribution in [0, 0.1) is 0 Å². The zero-order chi connectivity index (χ0) is 26.4. The van der Waals surface area contributed by atoms with E-state index in [1.807, 2.05) is 12.1 Å². The summed E-state index contributed by atoms with van der Waals surface area (Å²) in [7, 11) is -2.49. The molecule has 0 amide bonds. The molecule has 4 rings (SSSR count). The molecule has 2 aromatic carbocycles. The van der Waals surface area contributed by atoms with E-state index in [1.54, 1.807) is 24.3 Å². The number of thiophene rings is 1. The predicted octanol–water partition coefficient (Wildman–Crippen LogP) is 4.10. The molecular weight excluding hydrogens is 512 g/mol. The number of aryl methyl sites for hydroxylation is 1. The number of nitrogens with one attached hydrogen (secondary N) is 1. The van der Waals surface area contributed by atoms with Crippen LogP contribution < -0.4 is 4.72 Å². The second-order valence-corrected chi connectivity index (χ2v) is 11.6. The van der Waals surface area contributed by atoms with Crippen LogP contribution in [0.5, 0.6) is 5.75 Å². The van der Waals surface area contributed by atoms with Crippen LogP contribution in [-0.4, -0.2) is 41.6 Å². The number of methoxy groups -OCH3 is 1. The standard InChI is InChI=1S/C26H28N4O5S2/c1-3-4-18-5-9-20(10-6-18)24-13-14-25(36-24)37(33,34)27-16-21-17-30(29-28-21)23(26(32)35-2)15-19-7-11-22(31)12-8-19/h5-14,17,23,27,31H,3-4,15-16H2,1-2H3. The van der Waals surface area contributed by atoms with Crippen molar-refractivity contribution in [2.24, 2.45) is 0 Å². The van der Waals surface area contributed by atoms with Gasteiger partial charge in [-0.1, -0.05) is 55.0 Å². The number of hydrogen-bond acceptors (Lipinski definition) is 8. The molecule has 194 valence electrons. The van der Waals surface area contributed by atoms with Crippen molar-refractivity contribution in [3.05, 3.63) is 83.7 Å². The van der Waals surface area contributed by atoms with Gasteiger partial charge >= 0.3 is 5.97 Å². The number of rotatable bonds is 11. The lowest BCUT2D eigenvalue weighted by Crippen LogP contribution is -2.24. The predicted molar refractivity (Wildman–Crippen MR) is 141 cm³/mol. The lowest BCUT2D eigenvalue weighted by atomic mass is 10.1. The summed E-state index contributed by atoms with van der Waals surface area (Å²) in [5, 5.41) is 17.5. The van der Waals surface area contributed by atoms with Crippen LogP contribution in [0.4, 0.5) is 0 Å². The van der Waals surface area contributed by atoms with Crippen molar-refractivity contribution in [2.75, 3.05) is 7.11 Å². The molecule has 0 spiro atoms. The first kappa shape index (κ1) is 26.5. The van der Waals surface area contributed by atoms with Gasteiger partial charge in [0.2, 0.25) is 10.0 Å². The molecule has 0 fully saturated rings. The van der Waals surface area contributed by atoms with Crippen LogP contribution in [0.25, 0.3) is 10.4 Å². The highest BCUT2D eigenvalue weighted by Crippen LogP contribution is 2.31. The second kappa shape index (κ2) is 11.7. The number of ether oxygens (including phenoxy) is 1. The minimum Gasteiger partial charge on any atom is -0.508 e. The highest BCUT2D eigenvalue weighted by Gasteiger charge is 2.24. The molecule has 4 aromatic rings. The van der Waals surface area contributed by atoms with Crippen LogP contribution in [0.2, 0.25) is 0 Å². The highest BCUT2D eigenvalue weighted by molar-refractivity contribution is 7.91. The zero-order valence-corrected chi connectivity index (χ0v) is 22.1. The van der Waals surface area contributed by atoms with Gasteiger partial charge in [0.1, 0.15) is 9.96 Å². The Morgan fingerprint density at radius 2 is 1.78 bits per heavy atom. The van der Waals surface area contributed by atoms with Gasteiger partial charge in [0, 0.05) is 11.3 Å². The number of phenolic OH excluding ortho intramolecular Hbond substituents is 1. The summed E-state index contributed by atoms with van der Waals surface area (Å²) in [4.78, 5) is 13.3. The number of carbonyl (C=O) groups is 1. The van der Waals surface area contributed by atoms with Crippen LogP contribution in [0.1, 0.15) is 36.2 Å². The average molecular weight is 541 g/mol. The van der Waals surface area contributed by atoms with Crippen LogP contribution in [0.15, 0.2) is 71.1 Å². The van der Waals surface area contributed by atoms with Gasteiger partial charge in [0.15, 0.2) is 6.04 Å². The van der Waals surface area contributed by atoms with Crippen molar-refractivity contribution in [1.29, 1.82) is 0 Å². The normalized spacial score (nSPS) is 12.4. The Morgan fingerprint density at radius 1 is 1.08 bits per heavy atom. The maximum atomic E-state index is 12.9. The monoisotopic (exact) mass is 540 g/mol. The first-order valence-corrected chi connectivity index (χ1v) is 14.0. The Balaban J connectivity index is 1.43. The first-order chi connectivity index (χ1) is 17.8. The Hall–Kier alpha value is -3.54. The van der Waals surface area contributed by atoms with Crippen LogP contribution in [-0.2, 0) is 38.9 Å². The minimum absolute atomic E-state index is 0.0889. The molecule has 2 N–H and O–H groups in total. The summed E-state index contributed by atoms with van der Waals surface area (Å²) in [5.41, 5.74) is 3.37. The number of nitrogens with zero attached hydrogens (tertiary/aromatic N) is 3. The molecule has 0 saturated heterocycles. The molecule has 9 nitrogen and oxygen atoms in total. The van der Waals surface area contributed by atoms with E-state index in [-0.39, 0.29) is 22.9 Å². The first-order valence-electron chi connectivity index (χ1n) is 11.7. The van der Waals surface area contributed by atoms with Crippen molar-refractivity contribution in [3.63, 3.8) is 0 Å². The molecule has 0 aliphatic heterocycles. The second-order valence-electron chi connectivity index (χ2n) is 8.49. The number of carbonyl (C=O) groups excluding carboxylic acids is 1. The van der Waals surface area contributed by atoms with Crippen LogP contribution >= 0.6 is 11.3 Å². The van der Waals surface area contributed by atoms with Gasteiger partial charge in [0.05, 0.1) is 25.5 Å². The van der Waals surface area contributed by atoms with E-state index in [0.717, 1.165) is 28.8 Å². The fourth-order valence-electron chi connectivity index (χ4n) is 3.81. The SMILES string of the molecule is CCCc1ccc(-c2ccc(S(=O)(=O)NCc3cn(C(Cc4ccc(O)cc4)C(=O)OC)nn3)s2)cc1. The Labute approximate surface area is 219 Å². The summed E-state index contributed by atoms with van der Waals surface area (Å²) >= 11 is 1.20. The van der Waals surface area contributed by atoms with Crippen molar-refractivity contribution in [3.8, 4) is 16.2 Å². The fourth-order valence-corrected chi connectivity index (χ4v) is 6.16. The molecule has 11 heteroatoms. The quantitative estimate of drug-likeness (QED) is 0.275. The number of benzene rings is 2. The summed E-state index contributed by atoms with van der Waals surface area (Å²) in [6, 6.07) is 17.2. The van der Waals surface area contributed by atoms with Crippen molar-refractivity contribution in [2.45, 2.75) is 43.0 Å². The molecule has 0 saturated carbocycles. The molecule has 0 bridgehead atoms. The number of aromatic hydroxyl groups is 1. The molecule has 0 aliphatic rings. The summed E-state index contributed by atoms with van der Waals surface area (Å²) in [5.74, 6) is -0.393. The molecule has 37 heavy (non-hydrogen) atoms. The van der Waals surface area contributed by atoms with Gasteiger partial charge < -0.3 is 9.84 Å². The third-order valence-electron chi connectivity index (χ3n) is 5.78. The molecule has 1 unspecified atom stereocenters. The molecule has 1 atom stereocenters. The summed E-state index contributed by atoms with van der Waals surface area (Å²) in [6.45, 7) is 2.04. The number of esters is 1. The van der Waals surface area contributed by atoms with Gasteiger partial charge in [0.25, 0.3) is 0 Å².